The van der Waals surface area contributed by atoms with Crippen LogP contribution in [0.15, 0.2) is 36.5 Å². The molecule has 0 saturated heterocycles. The van der Waals surface area contributed by atoms with Crippen molar-refractivity contribution in [3.8, 4) is 17.5 Å². The zero-order valence-electron chi connectivity index (χ0n) is 8.75. The Hall–Kier alpha value is -2.30. The summed E-state index contributed by atoms with van der Waals surface area (Å²) >= 11 is 0. The van der Waals surface area contributed by atoms with Gasteiger partial charge in [0.25, 0.3) is 0 Å². The topological polar surface area (TPSA) is 70.3 Å². The lowest BCUT2D eigenvalue weighted by Crippen LogP contribution is -1.95. The number of hydrogen-bond donors (Lipinski definition) is 1. The van der Waals surface area contributed by atoms with Crippen LogP contribution in [0.2, 0.25) is 0 Å². The van der Waals surface area contributed by atoms with E-state index in [1.807, 2.05) is 0 Å². The molecule has 0 spiro atoms. The van der Waals surface area contributed by atoms with Crippen LogP contribution in [0.4, 0.5) is 5.82 Å². The van der Waals surface area contributed by atoms with Crippen LogP contribution >= 0.6 is 0 Å². The van der Waals surface area contributed by atoms with E-state index in [0.29, 0.717) is 11.6 Å². The summed E-state index contributed by atoms with van der Waals surface area (Å²) in [6, 6.07) is 8.95. The van der Waals surface area contributed by atoms with Gasteiger partial charge in [0, 0.05) is 6.20 Å². The van der Waals surface area contributed by atoms with Crippen molar-refractivity contribution in [1.82, 2.24) is 9.97 Å². The molecule has 0 aliphatic carbocycles. The third-order valence-electron chi connectivity index (χ3n) is 1.92. The van der Waals surface area contributed by atoms with Gasteiger partial charge in [0.1, 0.15) is 17.3 Å². The van der Waals surface area contributed by atoms with Gasteiger partial charge >= 0.3 is 6.01 Å². The number of hydrogen-bond acceptors (Lipinski definition) is 5. The van der Waals surface area contributed by atoms with E-state index in [-0.39, 0.29) is 6.01 Å². The highest BCUT2D eigenvalue weighted by molar-refractivity contribution is 5.33. The predicted molar refractivity (Wildman–Crippen MR) is 59.5 cm³/mol. The van der Waals surface area contributed by atoms with E-state index in [1.54, 1.807) is 43.6 Å². The molecule has 5 heteroatoms. The lowest BCUT2D eigenvalue weighted by Gasteiger charge is -2.04. The largest absolute Gasteiger partial charge is 0.497 e. The maximum atomic E-state index is 5.51. The minimum Gasteiger partial charge on any atom is -0.497 e. The lowest BCUT2D eigenvalue weighted by atomic mass is 10.3. The maximum Gasteiger partial charge on any atom is 0.323 e. The Balaban J connectivity index is 2.14. The van der Waals surface area contributed by atoms with Crippen LogP contribution in [0.3, 0.4) is 0 Å². The molecule has 1 aromatic heterocycles. The van der Waals surface area contributed by atoms with Gasteiger partial charge in [0.15, 0.2) is 0 Å². The fraction of sp³-hybridized carbons (Fsp3) is 0.0909. The summed E-state index contributed by atoms with van der Waals surface area (Å²) in [5.41, 5.74) is 5.51. The Morgan fingerprint density at radius 2 is 1.75 bits per heavy atom. The van der Waals surface area contributed by atoms with Gasteiger partial charge in [-0.25, -0.2) is 4.98 Å². The van der Waals surface area contributed by atoms with Crippen molar-refractivity contribution in [3.05, 3.63) is 36.5 Å². The smallest absolute Gasteiger partial charge is 0.323 e. The average Bonchev–Trinajstić information content (AvgIpc) is 2.30. The first-order valence-electron chi connectivity index (χ1n) is 4.68. The van der Waals surface area contributed by atoms with Crippen LogP contribution in [-0.2, 0) is 0 Å². The molecule has 1 heterocycles. The highest BCUT2D eigenvalue weighted by Gasteiger charge is 2.00. The minimum absolute atomic E-state index is 0.227. The molecular formula is C11H11N3O2. The van der Waals surface area contributed by atoms with Crippen LogP contribution in [-0.4, -0.2) is 17.1 Å². The first-order valence-corrected chi connectivity index (χ1v) is 4.68. The van der Waals surface area contributed by atoms with Gasteiger partial charge in [-0.2, -0.15) is 4.98 Å². The van der Waals surface area contributed by atoms with Gasteiger partial charge in [-0.3, -0.25) is 0 Å². The zero-order valence-corrected chi connectivity index (χ0v) is 8.75. The number of nitrogens with two attached hydrogens (primary N) is 1. The minimum atomic E-state index is 0.227. The van der Waals surface area contributed by atoms with Gasteiger partial charge in [-0.05, 0) is 30.3 Å². The molecule has 2 rings (SSSR count). The van der Waals surface area contributed by atoms with E-state index in [2.05, 4.69) is 9.97 Å². The molecule has 0 aliphatic rings. The summed E-state index contributed by atoms with van der Waals surface area (Å²) in [5.74, 6) is 1.77. The molecule has 2 N–H and O–H groups in total. The van der Waals surface area contributed by atoms with E-state index in [0.717, 1.165) is 5.75 Å². The summed E-state index contributed by atoms with van der Waals surface area (Å²) in [7, 11) is 1.61. The fourth-order valence-electron chi connectivity index (χ4n) is 1.15. The van der Waals surface area contributed by atoms with Crippen molar-refractivity contribution in [3.63, 3.8) is 0 Å². The Bertz CT molecular complexity index is 471. The van der Waals surface area contributed by atoms with E-state index in [1.165, 1.54) is 0 Å². The van der Waals surface area contributed by atoms with Gasteiger partial charge in [-0.15, -0.1) is 0 Å². The van der Waals surface area contributed by atoms with Crippen LogP contribution in [0.5, 0.6) is 17.5 Å². The van der Waals surface area contributed by atoms with Gasteiger partial charge in [0.05, 0.1) is 7.11 Å². The molecule has 0 atom stereocenters. The van der Waals surface area contributed by atoms with E-state index in [4.69, 9.17) is 15.2 Å². The maximum absolute atomic E-state index is 5.51. The normalized spacial score (nSPS) is 9.81. The number of aromatic nitrogens is 2. The molecule has 16 heavy (non-hydrogen) atoms. The second-order valence-corrected chi connectivity index (χ2v) is 3.04. The van der Waals surface area contributed by atoms with Crippen molar-refractivity contribution >= 4 is 5.82 Å². The summed E-state index contributed by atoms with van der Waals surface area (Å²) in [6.07, 6.45) is 1.54. The van der Waals surface area contributed by atoms with E-state index < -0.39 is 0 Å². The summed E-state index contributed by atoms with van der Waals surface area (Å²) in [6.45, 7) is 0. The van der Waals surface area contributed by atoms with Crippen molar-refractivity contribution in [2.24, 2.45) is 0 Å². The monoisotopic (exact) mass is 217 g/mol. The number of nitrogen functional groups attached to an aromatic ring is 1. The molecule has 1 aromatic carbocycles. The SMILES string of the molecule is COc1ccc(Oc2nccc(N)n2)cc1. The third kappa shape index (κ3) is 2.38. The van der Waals surface area contributed by atoms with Crippen molar-refractivity contribution in [2.75, 3.05) is 12.8 Å². The molecule has 82 valence electrons. The van der Waals surface area contributed by atoms with Gasteiger partial charge in [0.2, 0.25) is 0 Å². The Morgan fingerprint density at radius 3 is 2.38 bits per heavy atom. The van der Waals surface area contributed by atoms with Gasteiger partial charge in [-0.1, -0.05) is 0 Å². The summed E-state index contributed by atoms with van der Waals surface area (Å²) < 4.78 is 10.4. The molecule has 0 fully saturated rings. The number of ether oxygens (including phenoxy) is 2. The average molecular weight is 217 g/mol. The standard InChI is InChI=1S/C11H11N3O2/c1-15-8-2-4-9(5-3-8)16-11-13-7-6-10(12)14-11/h2-7H,1H3,(H2,12,13,14). The molecule has 0 radical (unpaired) electrons. The molecule has 0 amide bonds. The van der Waals surface area contributed by atoms with E-state index in [9.17, 15) is 0 Å². The van der Waals surface area contributed by atoms with Crippen LogP contribution < -0.4 is 15.2 Å². The lowest BCUT2D eigenvalue weighted by molar-refractivity contribution is 0.410. The van der Waals surface area contributed by atoms with Crippen molar-refractivity contribution < 1.29 is 9.47 Å². The molecule has 2 aromatic rings. The second kappa shape index (κ2) is 4.48. The van der Waals surface area contributed by atoms with Crippen LogP contribution in [0.25, 0.3) is 0 Å². The third-order valence-corrected chi connectivity index (χ3v) is 1.92. The first kappa shape index (κ1) is 10.2. The van der Waals surface area contributed by atoms with E-state index >= 15 is 0 Å². The molecule has 0 bridgehead atoms. The number of rotatable bonds is 3. The quantitative estimate of drug-likeness (QED) is 0.849. The van der Waals surface area contributed by atoms with Crippen molar-refractivity contribution in [2.45, 2.75) is 0 Å². The fourth-order valence-corrected chi connectivity index (χ4v) is 1.15. The molecule has 0 saturated carbocycles. The molecule has 5 nitrogen and oxygen atoms in total. The number of methoxy groups -OCH3 is 1. The summed E-state index contributed by atoms with van der Waals surface area (Å²) in [5, 5.41) is 0. The Labute approximate surface area is 92.9 Å². The van der Waals surface area contributed by atoms with Gasteiger partial charge < -0.3 is 15.2 Å². The molecule has 0 unspecified atom stereocenters. The first-order chi connectivity index (χ1) is 7.78. The Kier molecular flexibility index (Phi) is 2.86. The number of nitrogens with zero attached hydrogens (tertiary/aromatic N) is 2. The Morgan fingerprint density at radius 1 is 1.06 bits per heavy atom. The highest BCUT2D eigenvalue weighted by Crippen LogP contribution is 2.21. The molecular weight excluding hydrogens is 206 g/mol. The van der Waals surface area contributed by atoms with Crippen LogP contribution in [0.1, 0.15) is 0 Å². The zero-order chi connectivity index (χ0) is 11.4. The second-order valence-electron chi connectivity index (χ2n) is 3.04. The molecule has 0 aliphatic heterocycles. The summed E-state index contributed by atoms with van der Waals surface area (Å²) in [4.78, 5) is 7.86. The number of anilines is 1. The number of benzene rings is 1. The van der Waals surface area contributed by atoms with Crippen molar-refractivity contribution in [1.29, 1.82) is 0 Å². The highest BCUT2D eigenvalue weighted by atomic mass is 16.5. The van der Waals surface area contributed by atoms with Crippen LogP contribution in [0, 0.1) is 0 Å². The predicted octanol–water partition coefficient (Wildman–Crippen LogP) is 1.86.